The SMILES string of the molecule is O=C(c1ccoc1)N1CC2CCC(O)C2C1. The molecule has 1 aromatic heterocycles. The molecule has 3 rings (SSSR count). The number of fused-ring (bicyclic) bond motifs is 1. The molecule has 3 unspecified atom stereocenters. The highest BCUT2D eigenvalue weighted by Crippen LogP contribution is 2.38. The van der Waals surface area contributed by atoms with Crippen LogP contribution in [0.4, 0.5) is 0 Å². The minimum absolute atomic E-state index is 0.0235. The van der Waals surface area contributed by atoms with Crippen LogP contribution in [0.2, 0.25) is 0 Å². The van der Waals surface area contributed by atoms with Gasteiger partial charge in [-0.3, -0.25) is 4.79 Å². The van der Waals surface area contributed by atoms with Crippen LogP contribution in [0, 0.1) is 11.8 Å². The van der Waals surface area contributed by atoms with Crippen LogP contribution in [-0.2, 0) is 0 Å². The number of hydrogen-bond acceptors (Lipinski definition) is 3. The van der Waals surface area contributed by atoms with E-state index < -0.39 is 0 Å². The molecule has 2 fully saturated rings. The van der Waals surface area contributed by atoms with Gasteiger partial charge in [-0.25, -0.2) is 0 Å². The van der Waals surface area contributed by atoms with Crippen molar-refractivity contribution in [1.82, 2.24) is 4.90 Å². The van der Waals surface area contributed by atoms with E-state index in [1.807, 2.05) is 4.90 Å². The number of amides is 1. The van der Waals surface area contributed by atoms with Gasteiger partial charge in [0.1, 0.15) is 6.26 Å². The molecule has 4 nitrogen and oxygen atoms in total. The zero-order valence-corrected chi connectivity index (χ0v) is 9.00. The van der Waals surface area contributed by atoms with E-state index in [0.29, 0.717) is 18.0 Å². The summed E-state index contributed by atoms with van der Waals surface area (Å²) in [6.45, 7) is 1.47. The molecule has 16 heavy (non-hydrogen) atoms. The quantitative estimate of drug-likeness (QED) is 0.773. The average molecular weight is 221 g/mol. The molecule has 4 heteroatoms. The Morgan fingerprint density at radius 2 is 2.31 bits per heavy atom. The number of nitrogens with zero attached hydrogens (tertiary/aromatic N) is 1. The first-order chi connectivity index (χ1) is 7.75. The van der Waals surface area contributed by atoms with E-state index in [1.54, 1.807) is 6.07 Å². The largest absolute Gasteiger partial charge is 0.472 e. The van der Waals surface area contributed by atoms with E-state index in [4.69, 9.17) is 4.42 Å². The number of carbonyl (C=O) groups is 1. The minimum atomic E-state index is -0.216. The summed E-state index contributed by atoms with van der Waals surface area (Å²) in [4.78, 5) is 13.9. The van der Waals surface area contributed by atoms with E-state index in [-0.39, 0.29) is 17.9 Å². The second-order valence-corrected chi connectivity index (χ2v) is 4.79. The molecule has 2 aliphatic rings. The molecule has 1 amide bonds. The first-order valence-corrected chi connectivity index (χ1v) is 5.75. The van der Waals surface area contributed by atoms with E-state index >= 15 is 0 Å². The monoisotopic (exact) mass is 221 g/mol. The van der Waals surface area contributed by atoms with Gasteiger partial charge in [-0.05, 0) is 24.8 Å². The van der Waals surface area contributed by atoms with Crippen molar-refractivity contribution in [1.29, 1.82) is 0 Å². The Morgan fingerprint density at radius 1 is 1.44 bits per heavy atom. The van der Waals surface area contributed by atoms with Gasteiger partial charge in [-0.2, -0.15) is 0 Å². The van der Waals surface area contributed by atoms with Crippen LogP contribution in [-0.4, -0.2) is 35.1 Å². The van der Waals surface area contributed by atoms with Gasteiger partial charge in [0.2, 0.25) is 0 Å². The van der Waals surface area contributed by atoms with Crippen LogP contribution < -0.4 is 0 Å². The molecule has 1 aliphatic heterocycles. The first kappa shape index (κ1) is 9.90. The van der Waals surface area contributed by atoms with E-state index in [2.05, 4.69) is 0 Å². The third kappa shape index (κ3) is 1.45. The predicted molar refractivity (Wildman–Crippen MR) is 56.8 cm³/mol. The fourth-order valence-corrected chi connectivity index (χ4v) is 2.97. The van der Waals surface area contributed by atoms with Crippen molar-refractivity contribution in [3.63, 3.8) is 0 Å². The van der Waals surface area contributed by atoms with Gasteiger partial charge in [0.05, 0.1) is 17.9 Å². The summed E-state index contributed by atoms with van der Waals surface area (Å²) in [7, 11) is 0. The molecule has 3 atom stereocenters. The van der Waals surface area contributed by atoms with Crippen LogP contribution in [0.1, 0.15) is 23.2 Å². The van der Waals surface area contributed by atoms with E-state index in [0.717, 1.165) is 19.4 Å². The summed E-state index contributed by atoms with van der Waals surface area (Å²) in [6.07, 6.45) is 4.71. The Morgan fingerprint density at radius 3 is 3.00 bits per heavy atom. The standard InChI is InChI=1S/C12H15NO3/c14-11-2-1-8-5-13(6-10(8)11)12(15)9-3-4-16-7-9/h3-4,7-8,10-11,14H,1-2,5-6H2. The fraction of sp³-hybridized carbons (Fsp3) is 0.583. The van der Waals surface area contributed by atoms with E-state index in [9.17, 15) is 9.90 Å². The molecule has 1 saturated heterocycles. The van der Waals surface area contributed by atoms with Crippen molar-refractivity contribution in [2.45, 2.75) is 18.9 Å². The van der Waals surface area contributed by atoms with Crippen LogP contribution in [0.15, 0.2) is 23.0 Å². The van der Waals surface area contributed by atoms with Gasteiger partial charge in [-0.1, -0.05) is 0 Å². The maximum absolute atomic E-state index is 12.0. The predicted octanol–water partition coefficient (Wildman–Crippen LogP) is 1.12. The van der Waals surface area contributed by atoms with Crippen molar-refractivity contribution in [2.75, 3.05) is 13.1 Å². The third-order valence-electron chi connectivity index (χ3n) is 3.87. The van der Waals surface area contributed by atoms with Gasteiger partial charge in [0.15, 0.2) is 0 Å². The summed E-state index contributed by atoms with van der Waals surface area (Å²) in [5.41, 5.74) is 0.606. The van der Waals surface area contributed by atoms with Gasteiger partial charge in [0, 0.05) is 19.0 Å². The lowest BCUT2D eigenvalue weighted by atomic mass is 10.00. The molecular weight excluding hydrogens is 206 g/mol. The Hall–Kier alpha value is -1.29. The van der Waals surface area contributed by atoms with Crippen LogP contribution in [0.3, 0.4) is 0 Å². The highest BCUT2D eigenvalue weighted by Gasteiger charge is 2.43. The Bertz CT molecular complexity index is 387. The molecule has 1 saturated carbocycles. The molecule has 2 heterocycles. The van der Waals surface area contributed by atoms with Gasteiger partial charge in [-0.15, -0.1) is 0 Å². The van der Waals surface area contributed by atoms with Crippen molar-refractivity contribution >= 4 is 5.91 Å². The van der Waals surface area contributed by atoms with Crippen LogP contribution >= 0.6 is 0 Å². The lowest BCUT2D eigenvalue weighted by Gasteiger charge is -2.17. The molecule has 0 bridgehead atoms. The first-order valence-electron chi connectivity index (χ1n) is 5.75. The minimum Gasteiger partial charge on any atom is -0.472 e. The maximum Gasteiger partial charge on any atom is 0.257 e. The number of hydrogen-bond donors (Lipinski definition) is 1. The zero-order valence-electron chi connectivity index (χ0n) is 9.00. The second-order valence-electron chi connectivity index (χ2n) is 4.79. The number of likely N-dealkylation sites (tertiary alicyclic amines) is 1. The molecule has 0 spiro atoms. The summed E-state index contributed by atoms with van der Waals surface area (Å²) < 4.78 is 4.91. The van der Waals surface area contributed by atoms with Crippen molar-refractivity contribution in [3.05, 3.63) is 24.2 Å². The third-order valence-corrected chi connectivity index (χ3v) is 3.87. The summed E-state index contributed by atoms with van der Waals surface area (Å²) in [6, 6.07) is 1.69. The summed E-state index contributed by atoms with van der Waals surface area (Å²) >= 11 is 0. The Kier molecular flexibility index (Phi) is 2.24. The van der Waals surface area contributed by atoms with Gasteiger partial charge < -0.3 is 14.4 Å². The molecule has 0 radical (unpaired) electrons. The lowest BCUT2D eigenvalue weighted by molar-refractivity contribution is 0.0751. The molecule has 1 N–H and O–H groups in total. The molecule has 1 aliphatic carbocycles. The van der Waals surface area contributed by atoms with E-state index in [1.165, 1.54) is 12.5 Å². The van der Waals surface area contributed by atoms with Crippen LogP contribution in [0.5, 0.6) is 0 Å². The highest BCUT2D eigenvalue weighted by molar-refractivity contribution is 5.94. The topological polar surface area (TPSA) is 53.7 Å². The Balaban J connectivity index is 1.73. The van der Waals surface area contributed by atoms with Crippen molar-refractivity contribution in [2.24, 2.45) is 11.8 Å². The van der Waals surface area contributed by atoms with Crippen molar-refractivity contribution < 1.29 is 14.3 Å². The second kappa shape index (κ2) is 3.63. The fourth-order valence-electron chi connectivity index (χ4n) is 2.97. The number of aliphatic hydroxyl groups excluding tert-OH is 1. The number of carbonyl (C=O) groups excluding carboxylic acids is 1. The molecule has 86 valence electrons. The number of rotatable bonds is 1. The highest BCUT2D eigenvalue weighted by atomic mass is 16.3. The summed E-state index contributed by atoms with van der Waals surface area (Å²) in [5, 5.41) is 9.77. The molecule has 1 aromatic rings. The maximum atomic E-state index is 12.0. The lowest BCUT2D eigenvalue weighted by Crippen LogP contribution is -2.30. The smallest absolute Gasteiger partial charge is 0.257 e. The summed E-state index contributed by atoms with van der Waals surface area (Å²) in [5.74, 6) is 0.803. The zero-order chi connectivity index (χ0) is 11.1. The number of aliphatic hydroxyl groups is 1. The normalized spacial score (nSPS) is 33.1. The molecule has 0 aromatic carbocycles. The van der Waals surface area contributed by atoms with Gasteiger partial charge >= 0.3 is 0 Å². The molecular formula is C12H15NO3. The average Bonchev–Trinajstić information content (AvgIpc) is 2.96. The van der Waals surface area contributed by atoms with Crippen LogP contribution in [0.25, 0.3) is 0 Å². The van der Waals surface area contributed by atoms with Gasteiger partial charge in [0.25, 0.3) is 5.91 Å². The number of furan rings is 1. The Labute approximate surface area is 93.8 Å². The van der Waals surface area contributed by atoms with Crippen molar-refractivity contribution in [3.8, 4) is 0 Å².